The van der Waals surface area contributed by atoms with Crippen LogP contribution in [0.5, 0.6) is 0 Å². The van der Waals surface area contributed by atoms with E-state index in [-0.39, 0.29) is 210 Å². The van der Waals surface area contributed by atoms with Gasteiger partial charge in [-0.3, -0.25) is 0 Å². The number of esters is 8. The maximum Gasteiger partial charge on any atom is 2.00 e. The minimum Gasteiger partial charge on any atom is -0.461 e. The molecule has 7 aromatic heterocycles. The van der Waals surface area contributed by atoms with Gasteiger partial charge in [0.25, 0.3) is 0 Å². The second kappa shape index (κ2) is 36.5. The van der Waals surface area contributed by atoms with Crippen molar-refractivity contribution in [2.24, 2.45) is 0 Å². The number of unbranched alkanes of at least 4 members (excludes halogenated alkanes) is 8. The van der Waals surface area contributed by atoms with E-state index in [1.54, 1.807) is 48.5 Å². The Labute approximate surface area is 662 Å². The molecule has 113 heavy (non-hydrogen) atoms. The standard InChI is InChI=1S/C80H82N16O16.Mg/c1-9-17-25-105-73(97)57-58(74(98)106-26-18-10-2)82-50-34-42-41(33-49(50)81-57)65-89-66(42)94-68-45-37-53-54(86-62(78(102)110-30-22-14-6)61(85-53)77(101)109-29-21-13-5)38-46(45)70(91-68)96-72-48-40-56-55(87-63(79(103)111-31-23-15-7)64(88-56)80(104)112-32-24-16-8)39-47(48)71(92-72)95-69-44-36-52-51(35-43(44)67(90-69)93-65)83-59(75(99)107-27-19-11-3)60(84-52)76(100)108-28-20-12-4;/h33-40H,9-32H2,1-8H3,(H2,81,82,83,84,85,86,87,88,89,90,91,92,93,94,95,96,97,98,99,100,101,102,103,104);/q;+2/p-2. The molecular formula is C80H80MgN16O16. The number of nitrogens with zero attached hydrogens (tertiary/aromatic N) is 16. The Kier molecular flexibility index (Phi) is 26.1. The van der Waals surface area contributed by atoms with Crippen molar-refractivity contribution < 1.29 is 76.3 Å². The molecule has 4 aromatic carbocycles. The molecule has 0 radical (unpaired) electrons. The third-order valence-corrected chi connectivity index (χ3v) is 18.2. The zero-order valence-corrected chi connectivity index (χ0v) is 65.4. The Morgan fingerprint density at radius 2 is 0.381 bits per heavy atom. The molecule has 13 rings (SSSR count). The summed E-state index contributed by atoms with van der Waals surface area (Å²) in [6, 6.07) is 12.5. The van der Waals surface area contributed by atoms with E-state index in [1.807, 2.05) is 55.4 Å². The van der Waals surface area contributed by atoms with Crippen LogP contribution in [-0.4, -0.2) is 193 Å². The number of ether oxygens (including phenoxy) is 8. The molecule has 8 bridgehead atoms. The van der Waals surface area contributed by atoms with Gasteiger partial charge in [-0.05, 0) is 121 Å². The third-order valence-electron chi connectivity index (χ3n) is 18.2. The van der Waals surface area contributed by atoms with Crippen molar-refractivity contribution in [3.8, 4) is 45.6 Å². The quantitative estimate of drug-likeness (QED) is 0.0163. The van der Waals surface area contributed by atoms with E-state index in [1.165, 1.54) is 0 Å². The number of hydrogen-bond donors (Lipinski definition) is 0. The molecular weight excluding hydrogens is 1470 g/mol. The molecule has 11 aromatic rings. The van der Waals surface area contributed by atoms with Crippen molar-refractivity contribution in [1.82, 2.24) is 79.7 Å². The largest absolute Gasteiger partial charge is 2.00 e. The van der Waals surface area contributed by atoms with Gasteiger partial charge in [0.05, 0.1) is 120 Å². The molecule has 578 valence electrons. The summed E-state index contributed by atoms with van der Waals surface area (Å²) in [5.74, 6) is -7.55. The summed E-state index contributed by atoms with van der Waals surface area (Å²) in [5, 5.41) is 1.00. The molecule has 2 aliphatic heterocycles. The molecule has 0 spiro atoms. The first-order chi connectivity index (χ1) is 54.5. The van der Waals surface area contributed by atoms with E-state index in [0.29, 0.717) is 103 Å². The van der Waals surface area contributed by atoms with E-state index in [2.05, 4.69) is 0 Å². The molecule has 2 aliphatic rings. The van der Waals surface area contributed by atoms with Gasteiger partial charge in [-0.25, -0.2) is 88.2 Å². The van der Waals surface area contributed by atoms with Crippen molar-refractivity contribution >= 4 is 159 Å². The van der Waals surface area contributed by atoms with Gasteiger partial charge in [0.1, 0.15) is 0 Å². The number of rotatable bonds is 32. The zero-order chi connectivity index (χ0) is 78.7. The van der Waals surface area contributed by atoms with E-state index >= 15 is 0 Å². The minimum atomic E-state index is -0.918. The number of aromatic nitrogens is 16. The predicted octanol–water partition coefficient (Wildman–Crippen LogP) is 13.2. The van der Waals surface area contributed by atoms with Gasteiger partial charge in [-0.1, -0.05) is 107 Å². The fourth-order valence-electron chi connectivity index (χ4n) is 12.0. The van der Waals surface area contributed by atoms with Crippen LogP contribution >= 0.6 is 0 Å². The molecule has 33 heteroatoms. The van der Waals surface area contributed by atoms with E-state index in [9.17, 15) is 38.4 Å². The second-order valence-corrected chi connectivity index (χ2v) is 26.6. The van der Waals surface area contributed by atoms with Crippen molar-refractivity contribution in [1.29, 1.82) is 0 Å². The smallest absolute Gasteiger partial charge is 0.461 e. The van der Waals surface area contributed by atoms with Gasteiger partial charge in [0, 0.05) is 44.8 Å². The van der Waals surface area contributed by atoms with Gasteiger partial charge < -0.3 is 67.8 Å². The second-order valence-electron chi connectivity index (χ2n) is 26.6. The predicted molar refractivity (Wildman–Crippen MR) is 414 cm³/mol. The molecule has 0 saturated carbocycles. The Balaban J connectivity index is 0.0000118. The van der Waals surface area contributed by atoms with E-state index in [4.69, 9.17) is 118 Å². The van der Waals surface area contributed by atoms with Crippen molar-refractivity contribution in [2.75, 3.05) is 52.9 Å². The van der Waals surface area contributed by atoms with Gasteiger partial charge in [-0.2, -0.15) is 0 Å². The monoisotopic (exact) mass is 1540 g/mol. The topological polar surface area (TPSA) is 419 Å². The fraction of sp³-hybridized carbons (Fsp3) is 0.400. The summed E-state index contributed by atoms with van der Waals surface area (Å²) in [6.07, 6.45) is 9.78. The molecule has 0 amide bonds. The van der Waals surface area contributed by atoms with Crippen LogP contribution in [0.25, 0.3) is 134 Å². The molecule has 0 saturated heterocycles. The third kappa shape index (κ3) is 17.3. The van der Waals surface area contributed by atoms with Crippen LogP contribution in [0.1, 0.15) is 242 Å². The Hall–Kier alpha value is -11.9. The van der Waals surface area contributed by atoms with Gasteiger partial charge in [-0.15, -0.1) is 0 Å². The maximum atomic E-state index is 14.1. The van der Waals surface area contributed by atoms with Gasteiger partial charge in [0.15, 0.2) is 45.6 Å². The van der Waals surface area contributed by atoms with Crippen LogP contribution in [0.15, 0.2) is 48.5 Å². The first kappa shape index (κ1) is 80.6. The molecule has 0 unspecified atom stereocenters. The van der Waals surface area contributed by atoms with Gasteiger partial charge >= 0.3 is 70.8 Å². The Bertz CT molecular complexity index is 5110. The average Bonchev–Trinajstić information content (AvgIpc) is 1.59. The van der Waals surface area contributed by atoms with Crippen molar-refractivity contribution in [3.63, 3.8) is 0 Å². The number of benzene rings is 4. The number of fused-ring (bicyclic) bond motifs is 24. The molecule has 9 heterocycles. The maximum absolute atomic E-state index is 14.1. The summed E-state index contributed by atoms with van der Waals surface area (Å²) >= 11 is 0. The van der Waals surface area contributed by atoms with Crippen molar-refractivity contribution in [3.05, 3.63) is 94.1 Å². The summed E-state index contributed by atoms with van der Waals surface area (Å²) in [5.41, 5.74) is -1.72. The average molecular weight is 1550 g/mol. The van der Waals surface area contributed by atoms with Crippen LogP contribution in [-0.2, 0) is 37.9 Å². The van der Waals surface area contributed by atoms with Crippen LogP contribution in [0.2, 0.25) is 0 Å². The number of carbonyl (C=O) groups excluding carboxylic acids is 8. The zero-order valence-electron chi connectivity index (χ0n) is 64.0. The molecule has 32 nitrogen and oxygen atoms in total. The van der Waals surface area contributed by atoms with E-state index in [0.717, 1.165) is 0 Å². The summed E-state index contributed by atoms with van der Waals surface area (Å²) in [7, 11) is 0. The van der Waals surface area contributed by atoms with E-state index < -0.39 is 93.3 Å². The summed E-state index contributed by atoms with van der Waals surface area (Å²) in [4.78, 5) is 192. The summed E-state index contributed by atoms with van der Waals surface area (Å²) < 4.78 is 45.2. The van der Waals surface area contributed by atoms with Gasteiger partial charge in [0.2, 0.25) is 0 Å². The minimum absolute atomic E-state index is 0. The van der Waals surface area contributed by atoms with Crippen LogP contribution in [0, 0.1) is 0 Å². The molecule has 0 N–H and O–H groups in total. The first-order valence-corrected chi connectivity index (χ1v) is 38.0. The van der Waals surface area contributed by atoms with Crippen LogP contribution in [0.4, 0.5) is 0 Å². The number of carbonyl (C=O) groups is 8. The van der Waals surface area contributed by atoms with Crippen molar-refractivity contribution in [2.45, 2.75) is 158 Å². The summed E-state index contributed by atoms with van der Waals surface area (Å²) in [6.45, 7) is 15.6. The normalized spacial score (nSPS) is 11.5. The molecule has 0 fully saturated rings. The van der Waals surface area contributed by atoms with Crippen LogP contribution < -0.4 is 9.97 Å². The Morgan fingerprint density at radius 1 is 0.230 bits per heavy atom. The number of hydrogen-bond acceptors (Lipinski definition) is 30. The molecule has 0 aliphatic carbocycles. The Morgan fingerprint density at radius 3 is 0.531 bits per heavy atom. The SMILES string of the molecule is CCCCOC(=O)c1nc2cc3c(cc2nc1C(=O)OCCCC)-c1nc-3nc2[n-]c(nc3nc(nc4[n-]c(n1)c1cc5nc(C(=O)OCCCC)c(C(=O)OCCCC)nc5cc41)-c1cc4nc(C(=O)OCCCC)c(C(=O)OCCCC)nc4cc1-3)c1cc3nc(C(=O)OCCCC)c(C(=O)OCCCC)nc3cc21.[Mg+2]. The molecule has 0 atom stereocenters. The first-order valence-electron chi connectivity index (χ1n) is 38.0. The van der Waals surface area contributed by atoms with Crippen LogP contribution in [0.3, 0.4) is 0 Å². The fourth-order valence-corrected chi connectivity index (χ4v) is 12.0.